The number of piperidine rings is 3. The minimum absolute atomic E-state index is 0.139. The number of likely N-dealkylation sites (tertiary alicyclic amines) is 1. The lowest BCUT2D eigenvalue weighted by Crippen LogP contribution is -2.64. The monoisotopic (exact) mass is 567 g/mol. The van der Waals surface area contributed by atoms with Crippen LogP contribution in [-0.2, 0) is 28.8 Å². The molecule has 8 heteroatoms. The SMILES string of the molecule is COC(=O)CCC[C@@H]1[C@H]2CCCN3CCC[C@H](CN1Cc1cn(Cc4ccc(C(F)(F)F)cc4)c4ccccc14)[C@@H]23. The maximum Gasteiger partial charge on any atom is 0.416 e. The summed E-state index contributed by atoms with van der Waals surface area (Å²) in [5.41, 5.74) is 2.58. The van der Waals surface area contributed by atoms with Gasteiger partial charge in [-0.15, -0.1) is 0 Å². The van der Waals surface area contributed by atoms with Crippen LogP contribution in [0.3, 0.4) is 0 Å². The third-order valence-electron chi connectivity index (χ3n) is 9.77. The Bertz CT molecular complexity index is 1350. The molecule has 0 saturated carbocycles. The summed E-state index contributed by atoms with van der Waals surface area (Å²) in [6.07, 6.45) is 5.17. The van der Waals surface area contributed by atoms with Gasteiger partial charge in [0, 0.05) is 55.2 Å². The van der Waals surface area contributed by atoms with E-state index in [0.29, 0.717) is 36.9 Å². The zero-order chi connectivity index (χ0) is 28.6. The number of ether oxygens (including phenoxy) is 1. The predicted octanol–water partition coefficient (Wildman–Crippen LogP) is 6.73. The second kappa shape index (κ2) is 11.8. The quantitative estimate of drug-likeness (QED) is 0.283. The van der Waals surface area contributed by atoms with Crippen molar-refractivity contribution in [2.75, 3.05) is 26.7 Å². The molecule has 3 aliphatic heterocycles. The number of carbonyl (C=O) groups excluding carboxylic acids is 1. The van der Waals surface area contributed by atoms with Gasteiger partial charge in [0.15, 0.2) is 0 Å². The van der Waals surface area contributed by atoms with Crippen LogP contribution < -0.4 is 0 Å². The molecule has 3 aliphatic rings. The van der Waals surface area contributed by atoms with Crippen molar-refractivity contribution in [3.8, 4) is 0 Å². The van der Waals surface area contributed by atoms with E-state index in [1.165, 1.54) is 69.0 Å². The number of benzene rings is 2. The third-order valence-corrected chi connectivity index (χ3v) is 9.77. The zero-order valence-corrected chi connectivity index (χ0v) is 23.8. The van der Waals surface area contributed by atoms with Crippen LogP contribution in [0.2, 0.25) is 0 Å². The topological polar surface area (TPSA) is 37.7 Å². The molecule has 0 N–H and O–H groups in total. The number of carbonyl (C=O) groups is 1. The number of esters is 1. The van der Waals surface area contributed by atoms with Crippen LogP contribution in [-0.4, -0.2) is 59.2 Å². The maximum absolute atomic E-state index is 13.1. The molecular weight excluding hydrogens is 527 g/mol. The van der Waals surface area contributed by atoms with Crippen molar-refractivity contribution in [2.24, 2.45) is 11.8 Å². The molecule has 2 aromatic carbocycles. The molecule has 4 heterocycles. The summed E-state index contributed by atoms with van der Waals surface area (Å²) in [6, 6.07) is 14.9. The molecule has 5 nitrogen and oxygen atoms in total. The van der Waals surface area contributed by atoms with Gasteiger partial charge in [0.2, 0.25) is 0 Å². The number of para-hydroxylation sites is 1. The molecule has 0 aliphatic carbocycles. The van der Waals surface area contributed by atoms with E-state index in [2.05, 4.69) is 38.8 Å². The van der Waals surface area contributed by atoms with Crippen molar-refractivity contribution in [1.29, 1.82) is 0 Å². The number of hydrogen-bond acceptors (Lipinski definition) is 4. The van der Waals surface area contributed by atoms with E-state index in [1.54, 1.807) is 12.1 Å². The lowest BCUT2D eigenvalue weighted by atomic mass is 9.69. The molecule has 0 amide bonds. The van der Waals surface area contributed by atoms with Gasteiger partial charge >= 0.3 is 12.1 Å². The van der Waals surface area contributed by atoms with Crippen LogP contribution in [0.1, 0.15) is 61.6 Å². The fraction of sp³-hybridized carbons (Fsp3) is 0.545. The average Bonchev–Trinajstić information content (AvgIpc) is 3.31. The normalized spacial score (nSPS) is 25.3. The second-order valence-corrected chi connectivity index (χ2v) is 12.2. The van der Waals surface area contributed by atoms with Crippen molar-refractivity contribution < 1.29 is 22.7 Å². The number of halogens is 3. The van der Waals surface area contributed by atoms with Crippen LogP contribution in [0, 0.1) is 11.8 Å². The van der Waals surface area contributed by atoms with Crippen molar-refractivity contribution in [2.45, 2.75) is 76.3 Å². The van der Waals surface area contributed by atoms with Gasteiger partial charge < -0.3 is 9.30 Å². The first-order valence-electron chi connectivity index (χ1n) is 15.1. The smallest absolute Gasteiger partial charge is 0.416 e. The summed E-state index contributed by atoms with van der Waals surface area (Å²) in [5.74, 6) is 1.15. The Labute approximate surface area is 240 Å². The second-order valence-electron chi connectivity index (χ2n) is 12.2. The summed E-state index contributed by atoms with van der Waals surface area (Å²) in [4.78, 5) is 17.4. The number of alkyl halides is 3. The van der Waals surface area contributed by atoms with Crippen LogP contribution in [0.4, 0.5) is 13.2 Å². The zero-order valence-electron chi connectivity index (χ0n) is 23.8. The van der Waals surface area contributed by atoms with Gasteiger partial charge in [-0.3, -0.25) is 14.6 Å². The van der Waals surface area contributed by atoms with Gasteiger partial charge in [-0.05, 0) is 92.8 Å². The molecule has 0 spiro atoms. The van der Waals surface area contributed by atoms with Gasteiger partial charge in [-0.25, -0.2) is 0 Å². The number of fused-ring (bicyclic) bond motifs is 1. The first-order chi connectivity index (χ1) is 19.8. The Kier molecular flexibility index (Phi) is 8.14. The minimum Gasteiger partial charge on any atom is -0.469 e. The van der Waals surface area contributed by atoms with Crippen LogP contribution in [0.15, 0.2) is 54.7 Å². The highest BCUT2D eigenvalue weighted by Gasteiger charge is 2.48. The van der Waals surface area contributed by atoms with E-state index in [4.69, 9.17) is 4.74 Å². The highest BCUT2D eigenvalue weighted by molar-refractivity contribution is 5.84. The Morgan fingerprint density at radius 3 is 2.51 bits per heavy atom. The molecule has 0 radical (unpaired) electrons. The highest BCUT2D eigenvalue weighted by Crippen LogP contribution is 2.44. The van der Waals surface area contributed by atoms with E-state index in [0.717, 1.165) is 37.0 Å². The van der Waals surface area contributed by atoms with E-state index >= 15 is 0 Å². The largest absolute Gasteiger partial charge is 0.469 e. The standard InChI is InChI=1S/C33H40F3N3O2/c1-41-31(40)12-4-11-30-28-9-6-18-37-17-5-7-24(32(28)37)20-39(30)22-25-21-38(29-10-3-2-8-27(25)29)19-23-13-15-26(16-14-23)33(34,35)36/h2-3,8,10,13-16,21,24,28,30,32H,4-7,9,11-12,17-20,22H2,1H3/t24-,28-,30-,32+/m1/s1. The van der Waals surface area contributed by atoms with Crippen molar-refractivity contribution in [3.05, 3.63) is 71.4 Å². The van der Waals surface area contributed by atoms with Crippen molar-refractivity contribution >= 4 is 16.9 Å². The number of nitrogens with zero attached hydrogens (tertiary/aromatic N) is 3. The molecule has 220 valence electrons. The number of hydrogen-bond donors (Lipinski definition) is 0. The van der Waals surface area contributed by atoms with Crippen LogP contribution in [0.25, 0.3) is 10.9 Å². The van der Waals surface area contributed by atoms with Gasteiger partial charge in [0.25, 0.3) is 0 Å². The minimum atomic E-state index is -4.33. The summed E-state index contributed by atoms with van der Waals surface area (Å²) >= 11 is 0. The van der Waals surface area contributed by atoms with Crippen molar-refractivity contribution in [3.63, 3.8) is 0 Å². The predicted molar refractivity (Wildman–Crippen MR) is 153 cm³/mol. The van der Waals surface area contributed by atoms with Gasteiger partial charge in [-0.2, -0.15) is 13.2 Å². The maximum atomic E-state index is 13.1. The molecule has 6 rings (SSSR count). The van der Waals surface area contributed by atoms with Gasteiger partial charge in [0.05, 0.1) is 12.7 Å². The molecular formula is C33H40F3N3O2. The molecule has 3 saturated heterocycles. The highest BCUT2D eigenvalue weighted by atomic mass is 19.4. The number of aromatic nitrogens is 1. The van der Waals surface area contributed by atoms with Crippen LogP contribution >= 0.6 is 0 Å². The van der Waals surface area contributed by atoms with E-state index in [1.807, 2.05) is 6.07 Å². The lowest BCUT2D eigenvalue weighted by molar-refractivity contribution is -0.141. The Morgan fingerprint density at radius 1 is 1.00 bits per heavy atom. The average molecular weight is 568 g/mol. The van der Waals surface area contributed by atoms with E-state index in [-0.39, 0.29) is 5.97 Å². The van der Waals surface area contributed by atoms with Gasteiger partial charge in [-0.1, -0.05) is 30.3 Å². The fourth-order valence-electron chi connectivity index (χ4n) is 8.01. The summed E-state index contributed by atoms with van der Waals surface area (Å²) in [7, 11) is 1.46. The number of methoxy groups -OCH3 is 1. The first-order valence-corrected chi connectivity index (χ1v) is 15.1. The van der Waals surface area contributed by atoms with Gasteiger partial charge in [0.1, 0.15) is 0 Å². The summed E-state index contributed by atoms with van der Waals surface area (Å²) < 4.78 is 46.4. The Balaban J connectivity index is 1.27. The molecule has 41 heavy (non-hydrogen) atoms. The summed E-state index contributed by atoms with van der Waals surface area (Å²) in [5, 5.41) is 1.20. The number of rotatable bonds is 8. The van der Waals surface area contributed by atoms with E-state index in [9.17, 15) is 18.0 Å². The summed E-state index contributed by atoms with van der Waals surface area (Å²) in [6.45, 7) is 4.85. The molecule has 1 aromatic heterocycles. The molecule has 4 atom stereocenters. The Hall–Kier alpha value is -2.84. The fourth-order valence-corrected chi connectivity index (χ4v) is 8.01. The van der Waals surface area contributed by atoms with Crippen molar-refractivity contribution in [1.82, 2.24) is 14.4 Å². The molecule has 0 unspecified atom stereocenters. The first kappa shape index (κ1) is 28.3. The molecule has 3 fully saturated rings. The third kappa shape index (κ3) is 5.91. The molecule has 3 aromatic rings. The van der Waals surface area contributed by atoms with E-state index < -0.39 is 11.7 Å². The Morgan fingerprint density at radius 2 is 1.76 bits per heavy atom. The lowest BCUT2D eigenvalue weighted by Gasteiger charge is -2.57. The van der Waals surface area contributed by atoms with Crippen LogP contribution in [0.5, 0.6) is 0 Å². The molecule has 0 bridgehead atoms.